The van der Waals surface area contributed by atoms with Crippen molar-refractivity contribution in [2.75, 3.05) is 5.32 Å². The first-order valence-corrected chi connectivity index (χ1v) is 7.30. The Balaban J connectivity index is 1.60. The number of rotatable bonds is 3. The maximum atomic E-state index is 12.4. The number of fused-ring (bicyclic) bond motifs is 1. The molecular weight excluding hydrogens is 306 g/mol. The fourth-order valence-electron chi connectivity index (χ4n) is 2.40. The second-order valence-corrected chi connectivity index (χ2v) is 5.30. The van der Waals surface area contributed by atoms with Gasteiger partial charge in [0.1, 0.15) is 5.69 Å². The third-order valence-corrected chi connectivity index (χ3v) is 3.55. The molecule has 8 nitrogen and oxygen atoms in total. The Labute approximate surface area is 136 Å². The lowest BCUT2D eigenvalue weighted by molar-refractivity contribution is 0.102. The van der Waals surface area contributed by atoms with Crippen molar-refractivity contribution < 1.29 is 4.79 Å². The number of aromatic amines is 2. The minimum absolute atomic E-state index is 0.171. The van der Waals surface area contributed by atoms with E-state index in [-0.39, 0.29) is 11.9 Å². The summed E-state index contributed by atoms with van der Waals surface area (Å²) >= 11 is 0. The standard InChI is InChI=1S/C16H13N7O/c1-9-5-6-11-10(8-9)13(21-20-11)15(24)19-16-18-14(22-23-16)12-4-2-3-7-17-12/h2-8H,1H3,(H,20,21)(H2,18,19,22,23,24). The van der Waals surface area contributed by atoms with Gasteiger partial charge in [0.25, 0.3) is 5.91 Å². The van der Waals surface area contributed by atoms with Crippen LogP contribution in [0.3, 0.4) is 0 Å². The van der Waals surface area contributed by atoms with Crippen LogP contribution in [0.1, 0.15) is 16.1 Å². The highest BCUT2D eigenvalue weighted by Crippen LogP contribution is 2.19. The predicted octanol–water partition coefficient (Wildman–Crippen LogP) is 2.30. The zero-order valence-electron chi connectivity index (χ0n) is 12.7. The number of hydrogen-bond donors (Lipinski definition) is 3. The Bertz CT molecular complexity index is 1020. The number of amides is 1. The molecule has 0 spiro atoms. The van der Waals surface area contributed by atoms with Crippen LogP contribution in [-0.2, 0) is 0 Å². The molecule has 1 amide bonds. The molecule has 24 heavy (non-hydrogen) atoms. The highest BCUT2D eigenvalue weighted by atomic mass is 16.2. The number of H-pyrrole nitrogens is 2. The van der Waals surface area contributed by atoms with Crippen molar-refractivity contribution in [3.63, 3.8) is 0 Å². The summed E-state index contributed by atoms with van der Waals surface area (Å²) in [5.41, 5.74) is 2.80. The molecule has 0 fully saturated rings. The number of pyridine rings is 1. The monoisotopic (exact) mass is 319 g/mol. The Hall–Kier alpha value is -3.55. The molecule has 3 N–H and O–H groups in total. The van der Waals surface area contributed by atoms with Crippen LogP contribution in [0.2, 0.25) is 0 Å². The number of carbonyl (C=O) groups excluding carboxylic acids is 1. The van der Waals surface area contributed by atoms with Crippen LogP contribution in [0.25, 0.3) is 22.4 Å². The van der Waals surface area contributed by atoms with Gasteiger partial charge in [-0.1, -0.05) is 17.7 Å². The summed E-state index contributed by atoms with van der Waals surface area (Å²) in [4.78, 5) is 20.9. The summed E-state index contributed by atoms with van der Waals surface area (Å²) in [5, 5.41) is 17.1. The summed E-state index contributed by atoms with van der Waals surface area (Å²) in [6.45, 7) is 1.96. The summed E-state index contributed by atoms with van der Waals surface area (Å²) in [7, 11) is 0. The fraction of sp³-hybridized carbons (Fsp3) is 0.0625. The van der Waals surface area contributed by atoms with Gasteiger partial charge in [-0.15, -0.1) is 5.10 Å². The van der Waals surface area contributed by atoms with Crippen molar-refractivity contribution in [1.82, 2.24) is 30.4 Å². The van der Waals surface area contributed by atoms with Gasteiger partial charge in [0.15, 0.2) is 11.5 Å². The molecule has 0 aliphatic rings. The van der Waals surface area contributed by atoms with Crippen molar-refractivity contribution in [3.05, 3.63) is 53.9 Å². The highest BCUT2D eigenvalue weighted by Gasteiger charge is 2.16. The second kappa shape index (κ2) is 5.58. The zero-order chi connectivity index (χ0) is 16.5. The summed E-state index contributed by atoms with van der Waals surface area (Å²) in [6.07, 6.45) is 1.66. The lowest BCUT2D eigenvalue weighted by atomic mass is 10.1. The molecule has 3 aromatic heterocycles. The number of benzene rings is 1. The molecule has 1 aromatic carbocycles. The molecule has 0 bridgehead atoms. The number of carbonyl (C=O) groups is 1. The number of hydrogen-bond acceptors (Lipinski definition) is 5. The van der Waals surface area contributed by atoms with Crippen molar-refractivity contribution in [2.45, 2.75) is 6.92 Å². The molecule has 0 radical (unpaired) electrons. The Morgan fingerprint density at radius 1 is 1.12 bits per heavy atom. The molecule has 0 unspecified atom stereocenters. The number of anilines is 1. The maximum Gasteiger partial charge on any atom is 0.279 e. The molecule has 0 atom stereocenters. The van der Waals surface area contributed by atoms with Gasteiger partial charge in [0, 0.05) is 11.6 Å². The van der Waals surface area contributed by atoms with Crippen molar-refractivity contribution in [1.29, 1.82) is 0 Å². The Morgan fingerprint density at radius 2 is 2.04 bits per heavy atom. The molecule has 0 aliphatic heterocycles. The van der Waals surface area contributed by atoms with E-state index in [1.165, 1.54) is 0 Å². The van der Waals surface area contributed by atoms with Gasteiger partial charge in [-0.05, 0) is 31.2 Å². The smallest absolute Gasteiger partial charge is 0.279 e. The van der Waals surface area contributed by atoms with E-state index >= 15 is 0 Å². The molecular formula is C16H13N7O. The zero-order valence-corrected chi connectivity index (χ0v) is 12.7. The lowest BCUT2D eigenvalue weighted by Crippen LogP contribution is -2.14. The van der Waals surface area contributed by atoms with Gasteiger partial charge < -0.3 is 0 Å². The molecule has 4 rings (SSSR count). The average molecular weight is 319 g/mol. The second-order valence-electron chi connectivity index (χ2n) is 5.30. The quantitative estimate of drug-likeness (QED) is 0.536. The molecule has 0 saturated carbocycles. The van der Waals surface area contributed by atoms with Gasteiger partial charge in [0.2, 0.25) is 5.95 Å². The van der Waals surface area contributed by atoms with Crippen LogP contribution in [0.15, 0.2) is 42.6 Å². The van der Waals surface area contributed by atoms with Crippen molar-refractivity contribution in [3.8, 4) is 11.5 Å². The van der Waals surface area contributed by atoms with E-state index in [2.05, 4.69) is 35.7 Å². The van der Waals surface area contributed by atoms with E-state index in [1.807, 2.05) is 37.3 Å². The van der Waals surface area contributed by atoms with E-state index in [9.17, 15) is 4.79 Å². The molecule has 8 heteroatoms. The third-order valence-electron chi connectivity index (χ3n) is 3.55. The van der Waals surface area contributed by atoms with E-state index < -0.39 is 0 Å². The third kappa shape index (κ3) is 2.50. The van der Waals surface area contributed by atoms with E-state index in [0.717, 1.165) is 16.5 Å². The average Bonchev–Trinajstić information content (AvgIpc) is 3.22. The summed E-state index contributed by atoms with van der Waals surface area (Å²) in [5.74, 6) is 0.275. The van der Waals surface area contributed by atoms with Gasteiger partial charge in [-0.3, -0.25) is 25.3 Å². The SMILES string of the molecule is Cc1ccc2[nH]nc(C(=O)Nc3n[nH]c(-c4ccccn4)n3)c2c1. The van der Waals surface area contributed by atoms with Crippen LogP contribution >= 0.6 is 0 Å². The predicted molar refractivity (Wildman–Crippen MR) is 88.4 cm³/mol. The minimum Gasteiger partial charge on any atom is -0.288 e. The maximum absolute atomic E-state index is 12.4. The molecule has 0 saturated heterocycles. The highest BCUT2D eigenvalue weighted by molar-refractivity contribution is 6.10. The summed E-state index contributed by atoms with van der Waals surface area (Å²) < 4.78 is 0. The number of aromatic nitrogens is 6. The Morgan fingerprint density at radius 3 is 2.88 bits per heavy atom. The van der Waals surface area contributed by atoms with Crippen LogP contribution in [0.4, 0.5) is 5.95 Å². The van der Waals surface area contributed by atoms with Crippen molar-refractivity contribution >= 4 is 22.8 Å². The summed E-state index contributed by atoms with van der Waals surface area (Å²) in [6, 6.07) is 11.2. The largest absolute Gasteiger partial charge is 0.288 e. The minimum atomic E-state index is -0.376. The number of nitrogens with zero attached hydrogens (tertiary/aromatic N) is 4. The normalized spacial score (nSPS) is 10.9. The van der Waals surface area contributed by atoms with E-state index in [1.54, 1.807) is 12.3 Å². The number of aryl methyl sites for hydroxylation is 1. The molecule has 4 aromatic rings. The van der Waals surface area contributed by atoms with Crippen LogP contribution < -0.4 is 5.32 Å². The first-order chi connectivity index (χ1) is 11.7. The fourth-order valence-corrected chi connectivity index (χ4v) is 2.40. The number of nitrogens with one attached hydrogen (secondary N) is 3. The molecule has 0 aliphatic carbocycles. The Kier molecular flexibility index (Phi) is 3.27. The van der Waals surface area contributed by atoms with Crippen LogP contribution in [0.5, 0.6) is 0 Å². The first kappa shape index (κ1) is 14.1. The van der Waals surface area contributed by atoms with E-state index in [0.29, 0.717) is 17.2 Å². The first-order valence-electron chi connectivity index (χ1n) is 7.30. The lowest BCUT2D eigenvalue weighted by Gasteiger charge is -1.98. The van der Waals surface area contributed by atoms with Gasteiger partial charge >= 0.3 is 0 Å². The van der Waals surface area contributed by atoms with Gasteiger partial charge in [0.05, 0.1) is 5.52 Å². The molecule has 3 heterocycles. The van der Waals surface area contributed by atoms with Crippen LogP contribution in [-0.4, -0.2) is 36.3 Å². The van der Waals surface area contributed by atoms with Gasteiger partial charge in [-0.25, -0.2) is 0 Å². The van der Waals surface area contributed by atoms with Crippen LogP contribution in [0, 0.1) is 6.92 Å². The topological polar surface area (TPSA) is 112 Å². The van der Waals surface area contributed by atoms with Gasteiger partial charge in [-0.2, -0.15) is 10.1 Å². The van der Waals surface area contributed by atoms with Crippen molar-refractivity contribution in [2.24, 2.45) is 0 Å². The van der Waals surface area contributed by atoms with E-state index in [4.69, 9.17) is 0 Å². The molecule has 118 valence electrons.